The molecule has 0 heterocycles. The molecule has 0 atom stereocenters. The summed E-state index contributed by atoms with van der Waals surface area (Å²) in [5.41, 5.74) is 2.60. The molecule has 0 aliphatic carbocycles. The second kappa shape index (κ2) is 4.91. The highest BCUT2D eigenvalue weighted by molar-refractivity contribution is 6.30. The highest BCUT2D eigenvalue weighted by Crippen LogP contribution is 2.23. The van der Waals surface area contributed by atoms with Crippen molar-refractivity contribution in [1.29, 1.82) is 0 Å². The van der Waals surface area contributed by atoms with Crippen molar-refractivity contribution in [2.24, 2.45) is 0 Å². The molecule has 0 fully saturated rings. The van der Waals surface area contributed by atoms with Gasteiger partial charge < -0.3 is 0 Å². The minimum absolute atomic E-state index is 0.786. The molecule has 0 aliphatic heterocycles. The van der Waals surface area contributed by atoms with Crippen molar-refractivity contribution >= 4 is 17.3 Å². The zero-order chi connectivity index (χ0) is 12.3. The third-order valence-electron chi connectivity index (χ3n) is 2.95. The summed E-state index contributed by atoms with van der Waals surface area (Å²) in [6, 6.07) is 18.6. The van der Waals surface area contributed by atoms with Gasteiger partial charge in [-0.2, -0.15) is 0 Å². The van der Waals surface area contributed by atoms with Gasteiger partial charge in [0, 0.05) is 22.7 Å². The molecule has 88 valence electrons. The van der Waals surface area contributed by atoms with Gasteiger partial charge in [0.2, 0.25) is 0 Å². The first-order chi connectivity index (χ1) is 8.08. The second-order valence-electron chi connectivity index (χ2n) is 4.81. The molecule has 17 heavy (non-hydrogen) atoms. The lowest BCUT2D eigenvalue weighted by atomic mass is 10.2. The van der Waals surface area contributed by atoms with Crippen LogP contribution in [-0.4, -0.2) is 14.1 Å². The van der Waals surface area contributed by atoms with Crippen LogP contribution in [0.25, 0.3) is 0 Å². The summed E-state index contributed by atoms with van der Waals surface area (Å²) in [7, 11) is 4.41. The number of rotatable bonds is 3. The predicted molar refractivity (Wildman–Crippen MR) is 75.2 cm³/mol. The van der Waals surface area contributed by atoms with Gasteiger partial charge in [0.1, 0.15) is 12.2 Å². The van der Waals surface area contributed by atoms with Crippen molar-refractivity contribution in [2.45, 2.75) is 6.54 Å². The first-order valence-electron chi connectivity index (χ1n) is 5.71. The smallest absolute Gasteiger partial charge is 0.132 e. The van der Waals surface area contributed by atoms with Crippen LogP contribution in [0.5, 0.6) is 0 Å². The molecule has 0 bridgehead atoms. The highest BCUT2D eigenvalue weighted by atomic mass is 35.5. The van der Waals surface area contributed by atoms with Crippen LogP contribution >= 0.6 is 11.6 Å². The fourth-order valence-corrected chi connectivity index (χ4v) is 2.10. The van der Waals surface area contributed by atoms with Crippen molar-refractivity contribution < 1.29 is 0 Å². The van der Waals surface area contributed by atoms with Crippen molar-refractivity contribution in [3.05, 3.63) is 65.2 Å². The molecule has 0 saturated carbocycles. The van der Waals surface area contributed by atoms with Crippen LogP contribution in [0.1, 0.15) is 5.56 Å². The maximum Gasteiger partial charge on any atom is 0.132 e. The number of benzene rings is 2. The zero-order valence-electron chi connectivity index (χ0n) is 10.2. The third-order valence-corrected chi connectivity index (χ3v) is 3.20. The average molecular weight is 247 g/mol. The minimum atomic E-state index is 0.786. The Morgan fingerprint density at radius 2 is 1.47 bits per heavy atom. The summed E-state index contributed by atoms with van der Waals surface area (Å²) in [4.78, 5) is 0. The van der Waals surface area contributed by atoms with Crippen LogP contribution in [0.4, 0.5) is 5.69 Å². The van der Waals surface area contributed by atoms with Crippen LogP contribution in [-0.2, 0) is 6.54 Å². The molecule has 0 N–H and O–H groups in total. The van der Waals surface area contributed by atoms with E-state index in [9.17, 15) is 0 Å². The van der Waals surface area contributed by atoms with Gasteiger partial charge in [-0.3, -0.25) is 4.48 Å². The molecule has 2 aromatic carbocycles. The molecule has 2 rings (SSSR count). The number of quaternary nitrogens is 1. The van der Waals surface area contributed by atoms with Crippen molar-refractivity contribution in [3.63, 3.8) is 0 Å². The summed E-state index contributed by atoms with van der Waals surface area (Å²) >= 11 is 5.92. The number of hydrogen-bond acceptors (Lipinski definition) is 0. The number of hydrogen-bond donors (Lipinski definition) is 0. The Kier molecular flexibility index (Phi) is 3.51. The third kappa shape index (κ3) is 3.09. The largest absolute Gasteiger partial charge is 0.292 e. The van der Waals surface area contributed by atoms with Gasteiger partial charge in [-0.15, -0.1) is 0 Å². The Labute approximate surface area is 108 Å². The Morgan fingerprint density at radius 3 is 2.06 bits per heavy atom. The SMILES string of the molecule is C[N+](C)(Cc1ccccc1)c1ccc(Cl)cc1. The van der Waals surface area contributed by atoms with Crippen LogP contribution < -0.4 is 4.48 Å². The van der Waals surface area contributed by atoms with E-state index in [4.69, 9.17) is 11.6 Å². The fraction of sp³-hybridized carbons (Fsp3) is 0.200. The lowest BCUT2D eigenvalue weighted by molar-refractivity contribution is 0.392. The summed E-state index contributed by atoms with van der Waals surface area (Å²) in [6.45, 7) is 0.975. The van der Waals surface area contributed by atoms with Gasteiger partial charge in [0.05, 0.1) is 14.1 Å². The summed E-state index contributed by atoms with van der Waals surface area (Å²) in [5, 5.41) is 0.786. The number of nitrogens with zero attached hydrogens (tertiary/aromatic N) is 1. The molecule has 0 saturated heterocycles. The van der Waals surface area contributed by atoms with Gasteiger partial charge in [-0.05, 0) is 12.1 Å². The Morgan fingerprint density at radius 1 is 0.882 bits per heavy atom. The maximum absolute atomic E-state index is 5.92. The van der Waals surface area contributed by atoms with E-state index in [0.29, 0.717) is 0 Å². The Bertz CT molecular complexity index is 474. The van der Waals surface area contributed by atoms with Crippen LogP contribution in [0.15, 0.2) is 54.6 Å². The molecular weight excluding hydrogens is 230 g/mol. The summed E-state index contributed by atoms with van der Waals surface area (Å²) < 4.78 is 0.821. The van der Waals surface area contributed by atoms with E-state index in [0.717, 1.165) is 16.1 Å². The first-order valence-corrected chi connectivity index (χ1v) is 6.09. The molecule has 2 aromatic rings. The van der Waals surface area contributed by atoms with E-state index in [2.05, 4.69) is 50.5 Å². The monoisotopic (exact) mass is 246 g/mol. The first kappa shape index (κ1) is 12.2. The van der Waals surface area contributed by atoms with Crippen LogP contribution in [0.2, 0.25) is 5.02 Å². The molecule has 0 unspecified atom stereocenters. The van der Waals surface area contributed by atoms with Gasteiger partial charge in [-0.1, -0.05) is 41.9 Å². The van der Waals surface area contributed by atoms with Crippen molar-refractivity contribution in [3.8, 4) is 0 Å². The molecule has 0 radical (unpaired) electrons. The standard InChI is InChI=1S/C15H17ClN/c1-17(2,12-13-6-4-3-5-7-13)15-10-8-14(16)9-11-15/h3-11H,12H2,1-2H3/q+1. The average Bonchev–Trinajstić information content (AvgIpc) is 2.30. The lowest BCUT2D eigenvalue weighted by Gasteiger charge is -2.29. The molecular formula is C15H17ClN+. The zero-order valence-corrected chi connectivity index (χ0v) is 11.0. The minimum Gasteiger partial charge on any atom is -0.292 e. The van der Waals surface area contributed by atoms with Gasteiger partial charge >= 0.3 is 0 Å². The highest BCUT2D eigenvalue weighted by Gasteiger charge is 2.19. The van der Waals surface area contributed by atoms with Crippen molar-refractivity contribution in [1.82, 2.24) is 4.48 Å². The van der Waals surface area contributed by atoms with E-state index in [1.165, 1.54) is 11.3 Å². The fourth-order valence-electron chi connectivity index (χ4n) is 1.98. The van der Waals surface area contributed by atoms with Crippen LogP contribution in [0, 0.1) is 0 Å². The van der Waals surface area contributed by atoms with Gasteiger partial charge in [-0.25, -0.2) is 0 Å². The van der Waals surface area contributed by atoms with E-state index < -0.39 is 0 Å². The van der Waals surface area contributed by atoms with Gasteiger partial charge in [0.25, 0.3) is 0 Å². The molecule has 0 aliphatic rings. The van der Waals surface area contributed by atoms with Crippen molar-refractivity contribution in [2.75, 3.05) is 14.1 Å². The molecule has 1 nitrogen and oxygen atoms in total. The van der Waals surface area contributed by atoms with E-state index in [1.807, 2.05) is 18.2 Å². The molecule has 2 heteroatoms. The maximum atomic E-state index is 5.92. The second-order valence-corrected chi connectivity index (χ2v) is 5.24. The lowest BCUT2D eigenvalue weighted by Crippen LogP contribution is -2.39. The normalized spacial score (nSPS) is 11.5. The molecule has 0 aromatic heterocycles. The predicted octanol–water partition coefficient (Wildman–Crippen LogP) is 4.11. The summed E-state index contributed by atoms with van der Waals surface area (Å²) in [6.07, 6.45) is 0. The van der Waals surface area contributed by atoms with E-state index in [1.54, 1.807) is 0 Å². The Hall–Kier alpha value is -1.31. The van der Waals surface area contributed by atoms with E-state index >= 15 is 0 Å². The summed E-state index contributed by atoms with van der Waals surface area (Å²) in [5.74, 6) is 0. The van der Waals surface area contributed by atoms with E-state index in [-0.39, 0.29) is 0 Å². The van der Waals surface area contributed by atoms with Crippen LogP contribution in [0.3, 0.4) is 0 Å². The number of halogens is 1. The Balaban J connectivity index is 2.21. The topological polar surface area (TPSA) is 0 Å². The quantitative estimate of drug-likeness (QED) is 0.715. The van der Waals surface area contributed by atoms with Gasteiger partial charge in [0.15, 0.2) is 0 Å². The molecule has 0 spiro atoms. The molecule has 0 amide bonds.